The number of hydrogen-bond acceptors (Lipinski definition) is 2. The van der Waals surface area contributed by atoms with Gasteiger partial charge in [0.05, 0.1) is 0 Å². The number of hydrogen-bond donors (Lipinski definition) is 1. The Morgan fingerprint density at radius 1 is 1.06 bits per heavy atom. The SMILES string of the molecule is Cc1ccc2c(c1O)Cc1ccccc1C2=O. The van der Waals surface area contributed by atoms with Crippen molar-refractivity contribution in [2.75, 3.05) is 0 Å². The van der Waals surface area contributed by atoms with Gasteiger partial charge in [0.2, 0.25) is 0 Å². The minimum absolute atomic E-state index is 0.0113. The van der Waals surface area contributed by atoms with E-state index in [1.165, 1.54) is 0 Å². The first-order valence-electron chi connectivity index (χ1n) is 5.62. The molecule has 84 valence electrons. The van der Waals surface area contributed by atoms with Gasteiger partial charge in [0.1, 0.15) is 5.75 Å². The highest BCUT2D eigenvalue weighted by atomic mass is 16.3. The molecule has 0 unspecified atom stereocenters. The number of aromatic hydroxyl groups is 1. The van der Waals surface area contributed by atoms with Gasteiger partial charge in [-0.2, -0.15) is 0 Å². The molecule has 0 atom stereocenters. The lowest BCUT2D eigenvalue weighted by atomic mass is 9.84. The number of phenols is 1. The van der Waals surface area contributed by atoms with E-state index in [1.807, 2.05) is 37.3 Å². The van der Waals surface area contributed by atoms with Crippen molar-refractivity contribution < 1.29 is 9.90 Å². The molecule has 2 heteroatoms. The molecule has 17 heavy (non-hydrogen) atoms. The van der Waals surface area contributed by atoms with Gasteiger partial charge in [0, 0.05) is 23.1 Å². The van der Waals surface area contributed by atoms with Crippen molar-refractivity contribution in [1.82, 2.24) is 0 Å². The summed E-state index contributed by atoms with van der Waals surface area (Å²) < 4.78 is 0. The molecule has 1 aliphatic carbocycles. The summed E-state index contributed by atoms with van der Waals surface area (Å²) >= 11 is 0. The topological polar surface area (TPSA) is 37.3 Å². The highest BCUT2D eigenvalue weighted by Gasteiger charge is 2.25. The third-order valence-electron chi connectivity index (χ3n) is 3.36. The van der Waals surface area contributed by atoms with Crippen molar-refractivity contribution >= 4 is 5.78 Å². The van der Waals surface area contributed by atoms with Crippen molar-refractivity contribution in [3.05, 3.63) is 64.2 Å². The van der Waals surface area contributed by atoms with Crippen LogP contribution in [0.1, 0.15) is 32.6 Å². The molecule has 0 bridgehead atoms. The Morgan fingerprint density at radius 3 is 2.65 bits per heavy atom. The number of fused-ring (bicyclic) bond motifs is 2. The van der Waals surface area contributed by atoms with E-state index in [4.69, 9.17) is 0 Å². The van der Waals surface area contributed by atoms with Crippen molar-refractivity contribution in [1.29, 1.82) is 0 Å². The number of carbonyl (C=O) groups is 1. The van der Waals surface area contributed by atoms with Crippen LogP contribution in [0.15, 0.2) is 36.4 Å². The predicted octanol–water partition coefficient (Wildman–Crippen LogP) is 2.84. The maximum Gasteiger partial charge on any atom is 0.193 e. The molecular weight excluding hydrogens is 212 g/mol. The van der Waals surface area contributed by atoms with Crippen molar-refractivity contribution in [3.8, 4) is 5.75 Å². The summed E-state index contributed by atoms with van der Waals surface area (Å²) in [5.41, 5.74) is 3.95. The molecule has 2 nitrogen and oxygen atoms in total. The monoisotopic (exact) mass is 224 g/mol. The zero-order valence-corrected chi connectivity index (χ0v) is 9.53. The lowest BCUT2D eigenvalue weighted by Crippen LogP contribution is -2.15. The molecule has 0 spiro atoms. The zero-order valence-electron chi connectivity index (χ0n) is 9.53. The number of rotatable bonds is 0. The quantitative estimate of drug-likeness (QED) is 0.637. The van der Waals surface area contributed by atoms with Gasteiger partial charge in [-0.15, -0.1) is 0 Å². The Kier molecular flexibility index (Phi) is 2.05. The fraction of sp³-hybridized carbons (Fsp3) is 0.133. The average Bonchev–Trinajstić information content (AvgIpc) is 2.35. The summed E-state index contributed by atoms with van der Waals surface area (Å²) in [6.45, 7) is 1.85. The lowest BCUT2D eigenvalue weighted by Gasteiger charge is -2.20. The lowest BCUT2D eigenvalue weighted by molar-refractivity contribution is 0.103. The van der Waals surface area contributed by atoms with Gasteiger partial charge in [-0.1, -0.05) is 36.4 Å². The average molecular weight is 224 g/mol. The van der Waals surface area contributed by atoms with Crippen LogP contribution < -0.4 is 0 Å². The van der Waals surface area contributed by atoms with Crippen LogP contribution in [0.2, 0.25) is 0 Å². The molecule has 2 aromatic rings. The largest absolute Gasteiger partial charge is 0.507 e. The molecule has 0 radical (unpaired) electrons. The van der Waals surface area contributed by atoms with Crippen LogP contribution in [0.25, 0.3) is 0 Å². The minimum Gasteiger partial charge on any atom is -0.507 e. The maximum absolute atomic E-state index is 12.3. The first kappa shape index (κ1) is 10.1. The summed E-state index contributed by atoms with van der Waals surface area (Å²) in [5.74, 6) is 0.266. The van der Waals surface area contributed by atoms with Gasteiger partial charge in [0.15, 0.2) is 5.78 Å². The van der Waals surface area contributed by atoms with Gasteiger partial charge in [-0.3, -0.25) is 4.79 Å². The van der Waals surface area contributed by atoms with Gasteiger partial charge in [0.25, 0.3) is 0 Å². The van der Waals surface area contributed by atoms with Gasteiger partial charge >= 0.3 is 0 Å². The van der Waals surface area contributed by atoms with Crippen LogP contribution in [0, 0.1) is 6.92 Å². The molecule has 0 fully saturated rings. The van der Waals surface area contributed by atoms with Crippen molar-refractivity contribution in [3.63, 3.8) is 0 Å². The smallest absolute Gasteiger partial charge is 0.193 e. The van der Waals surface area contributed by atoms with E-state index in [1.54, 1.807) is 6.07 Å². The van der Waals surface area contributed by atoms with E-state index in [0.717, 1.165) is 22.3 Å². The van der Waals surface area contributed by atoms with Crippen LogP contribution in [0.5, 0.6) is 5.75 Å². The molecule has 0 aromatic heterocycles. The second-order valence-electron chi connectivity index (χ2n) is 4.42. The van der Waals surface area contributed by atoms with Crippen LogP contribution in [0.4, 0.5) is 0 Å². The zero-order chi connectivity index (χ0) is 12.0. The Morgan fingerprint density at radius 2 is 1.82 bits per heavy atom. The second-order valence-corrected chi connectivity index (χ2v) is 4.42. The molecule has 0 aliphatic heterocycles. The third-order valence-corrected chi connectivity index (χ3v) is 3.36. The second kappa shape index (κ2) is 3.45. The first-order valence-corrected chi connectivity index (χ1v) is 5.62. The first-order chi connectivity index (χ1) is 8.18. The fourth-order valence-corrected chi connectivity index (χ4v) is 2.38. The van der Waals surface area contributed by atoms with Crippen LogP contribution in [-0.4, -0.2) is 10.9 Å². The van der Waals surface area contributed by atoms with Gasteiger partial charge in [-0.05, 0) is 18.1 Å². The van der Waals surface area contributed by atoms with Crippen molar-refractivity contribution in [2.45, 2.75) is 13.3 Å². The number of aryl methyl sites for hydroxylation is 1. The molecule has 0 amide bonds. The Hall–Kier alpha value is -2.09. The van der Waals surface area contributed by atoms with E-state index in [9.17, 15) is 9.90 Å². The summed E-state index contributed by atoms with van der Waals surface area (Å²) in [6.07, 6.45) is 0.630. The fourth-order valence-electron chi connectivity index (χ4n) is 2.38. The molecule has 2 aromatic carbocycles. The predicted molar refractivity (Wildman–Crippen MR) is 65.5 cm³/mol. The van der Waals surface area contributed by atoms with E-state index >= 15 is 0 Å². The highest BCUT2D eigenvalue weighted by Crippen LogP contribution is 2.34. The molecule has 1 aliphatic rings. The molecule has 1 N–H and O–H groups in total. The number of carbonyl (C=O) groups excluding carboxylic acids is 1. The van der Waals surface area contributed by atoms with Crippen LogP contribution in [0.3, 0.4) is 0 Å². The number of ketones is 1. The van der Waals surface area contributed by atoms with E-state index < -0.39 is 0 Å². The number of benzene rings is 2. The molecular formula is C15H12O2. The summed E-state index contributed by atoms with van der Waals surface area (Å²) in [4.78, 5) is 12.3. The van der Waals surface area contributed by atoms with Crippen LogP contribution in [-0.2, 0) is 6.42 Å². The van der Waals surface area contributed by atoms with Crippen LogP contribution >= 0.6 is 0 Å². The summed E-state index contributed by atoms with van der Waals surface area (Å²) in [5, 5.41) is 10.0. The van der Waals surface area contributed by atoms with E-state index in [2.05, 4.69) is 0 Å². The molecule has 0 heterocycles. The molecule has 0 saturated carbocycles. The minimum atomic E-state index is 0.0113. The van der Waals surface area contributed by atoms with Gasteiger partial charge < -0.3 is 5.11 Å². The summed E-state index contributed by atoms with van der Waals surface area (Å²) in [6, 6.07) is 11.2. The third kappa shape index (κ3) is 1.37. The van der Waals surface area contributed by atoms with Gasteiger partial charge in [-0.25, -0.2) is 0 Å². The van der Waals surface area contributed by atoms with E-state index in [0.29, 0.717) is 12.0 Å². The normalized spacial score (nSPS) is 13.1. The summed E-state index contributed by atoms with van der Waals surface area (Å²) in [7, 11) is 0. The Balaban J connectivity index is 2.27. The van der Waals surface area contributed by atoms with E-state index in [-0.39, 0.29) is 11.5 Å². The Bertz CT molecular complexity index is 627. The molecule has 3 rings (SSSR count). The number of phenolic OH excluding ortho intramolecular Hbond substituents is 1. The molecule has 0 saturated heterocycles. The highest BCUT2D eigenvalue weighted by molar-refractivity contribution is 6.12. The maximum atomic E-state index is 12.3. The van der Waals surface area contributed by atoms with Crippen molar-refractivity contribution in [2.24, 2.45) is 0 Å². The Labute approximate surface area is 99.5 Å². The standard InChI is InChI=1S/C15H12O2/c1-9-6-7-12-13(14(9)16)8-10-4-2-3-5-11(10)15(12)17/h2-7,16H,8H2,1H3.